The van der Waals surface area contributed by atoms with E-state index < -0.39 is 46.7 Å². The highest BCUT2D eigenvalue weighted by atomic mass is 16.7. The molecule has 0 aromatic heterocycles. The molecule has 0 aliphatic heterocycles. The van der Waals surface area contributed by atoms with E-state index in [1.807, 2.05) is 0 Å². The van der Waals surface area contributed by atoms with Gasteiger partial charge in [-0.2, -0.15) is 5.26 Å². The van der Waals surface area contributed by atoms with E-state index in [1.165, 1.54) is 9.80 Å². The number of hydrogen-bond donors (Lipinski definition) is 1. The number of nitriles is 1. The van der Waals surface area contributed by atoms with Crippen molar-refractivity contribution in [1.82, 2.24) is 9.80 Å². The first kappa shape index (κ1) is 26.9. The zero-order valence-electron chi connectivity index (χ0n) is 18.9. The van der Waals surface area contributed by atoms with Gasteiger partial charge in [0, 0.05) is 32.2 Å². The number of carbonyl (C=O) groups excluding carboxylic acids is 3. The van der Waals surface area contributed by atoms with E-state index in [4.69, 9.17) is 9.47 Å². The summed E-state index contributed by atoms with van der Waals surface area (Å²) in [5.41, 5.74) is -1.17. The fraction of sp³-hybridized carbons (Fsp3) is 0.429. The van der Waals surface area contributed by atoms with Crippen LogP contribution in [0, 0.1) is 21.4 Å². The van der Waals surface area contributed by atoms with E-state index in [0.717, 1.165) is 18.2 Å². The molecule has 0 aliphatic carbocycles. The molecule has 12 heteroatoms. The molecule has 0 bridgehead atoms. The number of ether oxygens (including phenoxy) is 2. The number of phenols is 1. The predicted molar refractivity (Wildman–Crippen MR) is 116 cm³/mol. The van der Waals surface area contributed by atoms with Crippen molar-refractivity contribution in [3.63, 3.8) is 0 Å². The lowest BCUT2D eigenvalue weighted by molar-refractivity contribution is -0.385. The Labute approximate surface area is 190 Å². The number of benzene rings is 1. The highest BCUT2D eigenvalue weighted by molar-refractivity contribution is 6.01. The van der Waals surface area contributed by atoms with E-state index in [2.05, 4.69) is 0 Å². The maximum Gasteiger partial charge on any atom is 0.514 e. The highest BCUT2D eigenvalue weighted by Gasteiger charge is 2.24. The number of rotatable bonds is 10. The Kier molecular flexibility index (Phi) is 10.3. The van der Waals surface area contributed by atoms with Crippen molar-refractivity contribution >= 4 is 29.7 Å². The standard InChI is InChI=1S/C21H26N4O8/c1-5-23(6-2)18(26)13-32-21(29)33-17-11-14(10-16(19(17)27)25(30)31)9-15(12-22)20(28)24(7-3)8-4/h9-11,27H,5-8,13H2,1-4H3. The van der Waals surface area contributed by atoms with Crippen LogP contribution in [-0.2, 0) is 14.3 Å². The van der Waals surface area contributed by atoms with E-state index in [9.17, 15) is 34.9 Å². The molecule has 0 aliphatic rings. The Balaban J connectivity index is 3.24. The maximum absolute atomic E-state index is 12.5. The Morgan fingerprint density at radius 3 is 2.18 bits per heavy atom. The second kappa shape index (κ2) is 12.7. The maximum atomic E-state index is 12.5. The molecular formula is C21H26N4O8. The summed E-state index contributed by atoms with van der Waals surface area (Å²) in [5.74, 6) is -2.66. The molecule has 0 spiro atoms. The number of nitro benzene ring substituents is 1. The molecule has 33 heavy (non-hydrogen) atoms. The Morgan fingerprint density at radius 1 is 1.12 bits per heavy atom. The number of amides is 2. The molecule has 0 atom stereocenters. The van der Waals surface area contributed by atoms with Crippen molar-refractivity contribution in [2.24, 2.45) is 0 Å². The second-order valence-electron chi connectivity index (χ2n) is 6.50. The molecule has 12 nitrogen and oxygen atoms in total. The SMILES string of the molecule is CCN(CC)C(=O)COC(=O)Oc1cc(C=C(C#N)C(=O)N(CC)CC)cc([N+](=O)[O-])c1O. The number of nitro groups is 1. The van der Waals surface area contributed by atoms with Gasteiger partial charge in [-0.05, 0) is 45.4 Å². The molecule has 1 rings (SSSR count). The van der Waals surface area contributed by atoms with Gasteiger partial charge in [0.25, 0.3) is 11.8 Å². The third kappa shape index (κ3) is 7.20. The second-order valence-corrected chi connectivity index (χ2v) is 6.50. The lowest BCUT2D eigenvalue weighted by Crippen LogP contribution is -2.34. The number of aromatic hydroxyl groups is 1. The summed E-state index contributed by atoms with van der Waals surface area (Å²) in [6.45, 7) is 7.82. The molecule has 0 saturated heterocycles. The van der Waals surface area contributed by atoms with Crippen LogP contribution in [0.5, 0.6) is 11.5 Å². The van der Waals surface area contributed by atoms with Crippen LogP contribution in [0.15, 0.2) is 17.7 Å². The van der Waals surface area contributed by atoms with Gasteiger partial charge in [0.15, 0.2) is 12.4 Å². The van der Waals surface area contributed by atoms with Crippen LogP contribution in [0.25, 0.3) is 6.08 Å². The van der Waals surface area contributed by atoms with Crippen molar-refractivity contribution in [2.45, 2.75) is 27.7 Å². The van der Waals surface area contributed by atoms with E-state index in [1.54, 1.807) is 33.8 Å². The fourth-order valence-electron chi connectivity index (χ4n) is 2.81. The average molecular weight is 462 g/mol. The molecule has 0 saturated carbocycles. The van der Waals surface area contributed by atoms with Crippen molar-refractivity contribution in [1.29, 1.82) is 5.26 Å². The Bertz CT molecular complexity index is 975. The predicted octanol–water partition coefficient (Wildman–Crippen LogP) is 2.46. The normalized spacial score (nSPS) is 10.7. The summed E-state index contributed by atoms with van der Waals surface area (Å²) in [4.78, 5) is 49.6. The van der Waals surface area contributed by atoms with Crippen LogP contribution in [0.1, 0.15) is 33.3 Å². The van der Waals surface area contributed by atoms with Gasteiger partial charge in [-0.15, -0.1) is 0 Å². The number of carbonyl (C=O) groups is 3. The summed E-state index contributed by atoms with van der Waals surface area (Å²) in [7, 11) is 0. The minimum absolute atomic E-state index is 0.0430. The van der Waals surface area contributed by atoms with E-state index >= 15 is 0 Å². The monoisotopic (exact) mass is 462 g/mol. The number of nitrogens with zero attached hydrogens (tertiary/aromatic N) is 4. The summed E-state index contributed by atoms with van der Waals surface area (Å²) in [6.07, 6.45) is -0.296. The minimum atomic E-state index is -1.37. The lowest BCUT2D eigenvalue weighted by atomic mass is 10.1. The van der Waals surface area contributed by atoms with Crippen LogP contribution < -0.4 is 4.74 Å². The molecule has 1 aromatic rings. The summed E-state index contributed by atoms with van der Waals surface area (Å²) in [5, 5.41) is 30.8. The number of phenolic OH excluding ortho intramolecular Hbond substituents is 1. The molecule has 2 amide bonds. The molecule has 0 unspecified atom stereocenters. The van der Waals surface area contributed by atoms with Crippen LogP contribution in [0.4, 0.5) is 10.5 Å². The van der Waals surface area contributed by atoms with Gasteiger partial charge in [0.05, 0.1) is 4.92 Å². The largest absolute Gasteiger partial charge is 0.514 e. The van der Waals surface area contributed by atoms with Gasteiger partial charge >= 0.3 is 11.8 Å². The first-order valence-corrected chi connectivity index (χ1v) is 10.2. The van der Waals surface area contributed by atoms with Gasteiger partial charge in [-0.1, -0.05) is 0 Å². The molecule has 178 valence electrons. The third-order valence-electron chi connectivity index (χ3n) is 4.61. The van der Waals surface area contributed by atoms with Gasteiger partial charge in [-0.3, -0.25) is 19.7 Å². The first-order valence-electron chi connectivity index (χ1n) is 10.2. The number of hydrogen-bond acceptors (Lipinski definition) is 9. The van der Waals surface area contributed by atoms with E-state index in [0.29, 0.717) is 26.2 Å². The van der Waals surface area contributed by atoms with Crippen LogP contribution in [0.2, 0.25) is 0 Å². The molecule has 1 aromatic carbocycles. The molecule has 0 fully saturated rings. The highest BCUT2D eigenvalue weighted by Crippen LogP contribution is 2.38. The fourth-order valence-corrected chi connectivity index (χ4v) is 2.81. The topological polar surface area (TPSA) is 163 Å². The summed E-state index contributed by atoms with van der Waals surface area (Å²) in [6, 6.07) is 3.69. The molecular weight excluding hydrogens is 436 g/mol. The van der Waals surface area contributed by atoms with Crippen molar-refractivity contribution in [3.8, 4) is 17.6 Å². The average Bonchev–Trinajstić information content (AvgIpc) is 2.79. The van der Waals surface area contributed by atoms with Gasteiger partial charge in [-0.25, -0.2) is 4.79 Å². The Morgan fingerprint density at radius 2 is 1.70 bits per heavy atom. The van der Waals surface area contributed by atoms with Crippen molar-refractivity contribution in [2.75, 3.05) is 32.8 Å². The first-order chi connectivity index (χ1) is 15.6. The quantitative estimate of drug-likeness (QED) is 0.137. The van der Waals surface area contributed by atoms with E-state index in [-0.39, 0.29) is 11.1 Å². The minimum Gasteiger partial charge on any atom is -0.499 e. The lowest BCUT2D eigenvalue weighted by Gasteiger charge is -2.18. The summed E-state index contributed by atoms with van der Waals surface area (Å²) >= 11 is 0. The molecule has 0 radical (unpaired) electrons. The number of likely N-dealkylation sites (N-methyl/N-ethyl adjacent to an activating group) is 2. The van der Waals surface area contributed by atoms with Gasteiger partial charge in [0.1, 0.15) is 11.6 Å². The zero-order valence-corrected chi connectivity index (χ0v) is 18.9. The van der Waals surface area contributed by atoms with Crippen LogP contribution >= 0.6 is 0 Å². The smallest absolute Gasteiger partial charge is 0.499 e. The van der Waals surface area contributed by atoms with Crippen molar-refractivity contribution in [3.05, 3.63) is 33.4 Å². The van der Waals surface area contributed by atoms with Crippen LogP contribution in [-0.4, -0.2) is 70.6 Å². The van der Waals surface area contributed by atoms with Crippen molar-refractivity contribution < 1.29 is 33.9 Å². The Hall–Kier alpha value is -4.14. The van der Waals surface area contributed by atoms with Gasteiger partial charge < -0.3 is 24.4 Å². The summed E-state index contributed by atoms with van der Waals surface area (Å²) < 4.78 is 9.57. The molecule has 1 N–H and O–H groups in total. The van der Waals surface area contributed by atoms with Gasteiger partial charge in [0.2, 0.25) is 5.75 Å². The zero-order chi connectivity index (χ0) is 25.1. The third-order valence-corrected chi connectivity index (χ3v) is 4.61. The molecule has 0 heterocycles. The van der Waals surface area contributed by atoms with Crippen LogP contribution in [0.3, 0.4) is 0 Å².